The number of nitrogens with zero attached hydrogens (tertiary/aromatic N) is 4. The van der Waals surface area contributed by atoms with E-state index < -0.39 is 11.6 Å². The molecule has 10 heteroatoms. The fraction of sp³-hybridized carbons (Fsp3) is 0.0714. The highest BCUT2D eigenvalue weighted by Gasteiger charge is 2.34. The van der Waals surface area contributed by atoms with E-state index in [0.717, 1.165) is 38.4 Å². The Kier molecular flexibility index (Phi) is 5.80. The molecule has 0 spiro atoms. The van der Waals surface area contributed by atoms with Crippen molar-refractivity contribution in [2.24, 2.45) is 0 Å². The Morgan fingerprint density at radius 2 is 1.87 bits per heavy atom. The van der Waals surface area contributed by atoms with E-state index in [1.54, 1.807) is 23.6 Å². The first-order valence-electron chi connectivity index (χ1n) is 11.7. The van der Waals surface area contributed by atoms with Crippen molar-refractivity contribution < 1.29 is 13.6 Å². The lowest BCUT2D eigenvalue weighted by molar-refractivity contribution is 0.0843. The Bertz CT molecular complexity index is 1750. The van der Waals surface area contributed by atoms with Crippen molar-refractivity contribution in [3.05, 3.63) is 107 Å². The number of pyridine rings is 1. The number of hydrogen-bond donors (Lipinski definition) is 2. The van der Waals surface area contributed by atoms with Crippen molar-refractivity contribution in [3.8, 4) is 10.4 Å². The van der Waals surface area contributed by atoms with Crippen LogP contribution in [0.25, 0.3) is 27.0 Å². The highest BCUT2D eigenvalue weighted by Crippen LogP contribution is 2.37. The maximum atomic E-state index is 13.7. The van der Waals surface area contributed by atoms with Gasteiger partial charge in [-0.2, -0.15) is 0 Å². The van der Waals surface area contributed by atoms with Crippen molar-refractivity contribution in [1.82, 2.24) is 19.9 Å². The van der Waals surface area contributed by atoms with Gasteiger partial charge in [-0.1, -0.05) is 18.7 Å². The van der Waals surface area contributed by atoms with Gasteiger partial charge in [-0.3, -0.25) is 4.79 Å². The third kappa shape index (κ3) is 4.14. The van der Waals surface area contributed by atoms with Crippen molar-refractivity contribution in [3.63, 3.8) is 0 Å². The van der Waals surface area contributed by atoms with Gasteiger partial charge in [0.05, 0.1) is 24.2 Å². The summed E-state index contributed by atoms with van der Waals surface area (Å²) < 4.78 is 27.0. The summed E-state index contributed by atoms with van der Waals surface area (Å²) in [5.41, 5.74) is 9.81. The monoisotopic (exact) mass is 526 g/mol. The minimum Gasteiger partial charge on any atom is -0.383 e. The first-order chi connectivity index (χ1) is 18.4. The molecule has 0 fully saturated rings. The van der Waals surface area contributed by atoms with Gasteiger partial charge in [-0.05, 0) is 53.6 Å². The second-order valence-corrected chi connectivity index (χ2v) is 9.95. The van der Waals surface area contributed by atoms with Crippen molar-refractivity contribution >= 4 is 45.5 Å². The van der Waals surface area contributed by atoms with Gasteiger partial charge in [0.1, 0.15) is 18.0 Å². The van der Waals surface area contributed by atoms with Crippen LogP contribution in [0.5, 0.6) is 0 Å². The van der Waals surface area contributed by atoms with Gasteiger partial charge in [-0.25, -0.2) is 23.7 Å². The number of thiophene rings is 1. The number of fused-ring (bicyclic) bond motifs is 2. The van der Waals surface area contributed by atoms with Gasteiger partial charge < -0.3 is 16.0 Å². The zero-order valence-corrected chi connectivity index (χ0v) is 20.7. The Labute approximate surface area is 220 Å². The normalized spacial score (nSPS) is 12.8. The summed E-state index contributed by atoms with van der Waals surface area (Å²) in [6.07, 6.45) is 3.06. The lowest BCUT2D eigenvalue weighted by atomic mass is 10.1. The Morgan fingerprint density at radius 3 is 2.71 bits per heavy atom. The van der Waals surface area contributed by atoms with E-state index in [9.17, 15) is 13.6 Å². The summed E-state index contributed by atoms with van der Waals surface area (Å²) in [5.74, 6) is -1.32. The molecule has 1 amide bonds. The fourth-order valence-electron chi connectivity index (χ4n) is 4.47. The number of carbonyl (C=O) groups is 1. The van der Waals surface area contributed by atoms with Crippen molar-refractivity contribution in [2.75, 3.05) is 11.1 Å². The van der Waals surface area contributed by atoms with Gasteiger partial charge in [0.2, 0.25) is 0 Å². The maximum absolute atomic E-state index is 13.7. The predicted molar refractivity (Wildman–Crippen MR) is 144 cm³/mol. The van der Waals surface area contributed by atoms with Crippen LogP contribution in [-0.4, -0.2) is 25.8 Å². The largest absolute Gasteiger partial charge is 0.383 e. The quantitative estimate of drug-likeness (QED) is 0.288. The summed E-state index contributed by atoms with van der Waals surface area (Å²) in [6, 6.07) is 15.2. The second kappa shape index (κ2) is 9.31. The highest BCUT2D eigenvalue weighted by molar-refractivity contribution is 7.15. The second-order valence-electron chi connectivity index (χ2n) is 8.78. The van der Waals surface area contributed by atoms with Crippen LogP contribution in [0, 0.1) is 11.6 Å². The number of nitrogens with two attached hydrogens (primary N) is 1. The van der Waals surface area contributed by atoms with E-state index in [2.05, 4.69) is 26.8 Å². The lowest BCUT2D eigenvalue weighted by Crippen LogP contribution is -2.23. The first kappa shape index (κ1) is 23.7. The summed E-state index contributed by atoms with van der Waals surface area (Å²) in [5, 5.41) is 4.08. The summed E-state index contributed by atoms with van der Waals surface area (Å²) >= 11 is 1.61. The number of halogens is 2. The van der Waals surface area contributed by atoms with Crippen molar-refractivity contribution in [2.45, 2.75) is 13.1 Å². The number of rotatable bonds is 6. The predicted octanol–water partition coefficient (Wildman–Crippen LogP) is 5.85. The molecule has 4 heterocycles. The minimum atomic E-state index is -0.961. The molecule has 1 aliphatic heterocycles. The highest BCUT2D eigenvalue weighted by atomic mass is 32.1. The van der Waals surface area contributed by atoms with Crippen molar-refractivity contribution in [1.29, 1.82) is 0 Å². The molecule has 1 aliphatic rings. The van der Waals surface area contributed by atoms with Crippen LogP contribution in [0.4, 0.5) is 20.4 Å². The van der Waals surface area contributed by atoms with Gasteiger partial charge in [0, 0.05) is 32.6 Å². The van der Waals surface area contributed by atoms with E-state index in [4.69, 9.17) is 5.73 Å². The number of amides is 1. The smallest absolute Gasteiger partial charge is 0.263 e. The SMILES string of the molecule is C=C1c2ccnc(NCc3ccc(-c4ccc5ncnc(N)c5c4)s3)c2C(=O)N1Cc1ccc(F)c(F)c1. The lowest BCUT2D eigenvalue weighted by Gasteiger charge is -2.17. The molecule has 7 nitrogen and oxygen atoms in total. The summed E-state index contributed by atoms with van der Waals surface area (Å²) in [7, 11) is 0. The standard InChI is InChI=1S/C28H20F2N6OS/c1-15-19-8-9-32-27(25(19)28(37)36(15)13-16-2-5-21(29)22(30)10-16)33-12-18-4-7-24(38-18)17-3-6-23-20(11-17)26(31)35-14-34-23/h2-11,14H,1,12-13H2,(H,32,33)(H2,31,34,35). The number of hydrogen-bond acceptors (Lipinski definition) is 7. The van der Waals surface area contributed by atoms with E-state index in [1.807, 2.05) is 30.3 Å². The van der Waals surface area contributed by atoms with Crippen LogP contribution in [0.3, 0.4) is 0 Å². The summed E-state index contributed by atoms with van der Waals surface area (Å²) in [4.78, 5) is 29.6. The molecule has 0 atom stereocenters. The van der Waals surface area contributed by atoms with E-state index in [1.165, 1.54) is 17.3 Å². The van der Waals surface area contributed by atoms with Crippen LogP contribution in [-0.2, 0) is 13.1 Å². The first-order valence-corrected chi connectivity index (χ1v) is 12.5. The van der Waals surface area contributed by atoms with Crippen LogP contribution >= 0.6 is 11.3 Å². The number of aromatic nitrogens is 3. The minimum absolute atomic E-state index is 0.0680. The number of benzene rings is 2. The molecule has 38 heavy (non-hydrogen) atoms. The van der Waals surface area contributed by atoms with E-state index in [-0.39, 0.29) is 12.5 Å². The third-order valence-electron chi connectivity index (χ3n) is 6.41. The Morgan fingerprint density at radius 1 is 1.00 bits per heavy atom. The van der Waals surface area contributed by atoms with E-state index >= 15 is 0 Å². The molecule has 5 aromatic rings. The molecular formula is C28H20F2N6OS. The molecule has 0 radical (unpaired) electrons. The van der Waals surface area contributed by atoms with Crippen LogP contribution in [0.15, 0.2) is 73.7 Å². The average Bonchev–Trinajstić information content (AvgIpc) is 3.49. The third-order valence-corrected chi connectivity index (χ3v) is 7.55. The summed E-state index contributed by atoms with van der Waals surface area (Å²) in [6.45, 7) is 4.58. The molecule has 0 saturated heterocycles. The van der Waals surface area contributed by atoms with Gasteiger partial charge >= 0.3 is 0 Å². The molecular weight excluding hydrogens is 506 g/mol. The molecule has 3 N–H and O–H groups in total. The number of nitrogens with one attached hydrogen (secondary N) is 1. The molecule has 6 rings (SSSR count). The molecule has 188 valence electrons. The van der Waals surface area contributed by atoms with Gasteiger partial charge in [0.15, 0.2) is 11.6 Å². The zero-order valence-electron chi connectivity index (χ0n) is 19.9. The topological polar surface area (TPSA) is 97.0 Å². The number of anilines is 2. The van der Waals surface area contributed by atoms with Crippen LogP contribution in [0.2, 0.25) is 0 Å². The Hall–Kier alpha value is -4.70. The zero-order chi connectivity index (χ0) is 26.4. The van der Waals surface area contributed by atoms with Crippen LogP contribution in [0.1, 0.15) is 26.4 Å². The number of carbonyl (C=O) groups excluding carboxylic acids is 1. The molecule has 0 unspecified atom stereocenters. The van der Waals surface area contributed by atoms with Gasteiger partial charge in [-0.15, -0.1) is 11.3 Å². The van der Waals surface area contributed by atoms with Crippen LogP contribution < -0.4 is 11.1 Å². The molecule has 3 aromatic heterocycles. The van der Waals surface area contributed by atoms with E-state index in [0.29, 0.717) is 40.6 Å². The average molecular weight is 527 g/mol. The molecule has 0 bridgehead atoms. The number of nitrogen functional groups attached to an aromatic ring is 1. The molecule has 0 aliphatic carbocycles. The molecule has 0 saturated carbocycles. The molecule has 2 aromatic carbocycles. The van der Waals surface area contributed by atoms with Gasteiger partial charge in [0.25, 0.3) is 5.91 Å². The maximum Gasteiger partial charge on any atom is 0.263 e. The fourth-order valence-corrected chi connectivity index (χ4v) is 5.42. The Balaban J connectivity index is 1.21.